The Morgan fingerprint density at radius 2 is 2.13 bits per heavy atom. The predicted molar refractivity (Wildman–Crippen MR) is 93.4 cm³/mol. The number of fused-ring (bicyclic) bond motifs is 1. The molecule has 0 amide bonds. The van der Waals surface area contributed by atoms with Gasteiger partial charge in [0.15, 0.2) is 0 Å². The third-order valence-electron chi connectivity index (χ3n) is 4.30. The van der Waals surface area contributed by atoms with Crippen LogP contribution in [0.25, 0.3) is 10.8 Å². The van der Waals surface area contributed by atoms with Crippen LogP contribution < -0.4 is 10.6 Å². The summed E-state index contributed by atoms with van der Waals surface area (Å²) in [5, 5.41) is 18.0. The lowest BCUT2D eigenvalue weighted by atomic mass is 10.1. The molecule has 0 unspecified atom stereocenters. The van der Waals surface area contributed by atoms with E-state index in [9.17, 15) is 0 Å². The first-order valence-corrected chi connectivity index (χ1v) is 8.29. The van der Waals surface area contributed by atoms with Gasteiger partial charge >= 0.3 is 0 Å². The van der Waals surface area contributed by atoms with Crippen molar-refractivity contribution in [1.82, 2.24) is 9.97 Å². The van der Waals surface area contributed by atoms with Gasteiger partial charge in [-0.05, 0) is 51.2 Å². The summed E-state index contributed by atoms with van der Waals surface area (Å²) >= 11 is 0. The number of nitrogens with zero attached hydrogens (tertiary/aromatic N) is 3. The summed E-state index contributed by atoms with van der Waals surface area (Å²) in [6.07, 6.45) is 5.49. The molecule has 2 atom stereocenters. The van der Waals surface area contributed by atoms with Crippen LogP contribution in [-0.4, -0.2) is 22.1 Å². The van der Waals surface area contributed by atoms with Crippen molar-refractivity contribution in [3.63, 3.8) is 0 Å². The summed E-state index contributed by atoms with van der Waals surface area (Å²) in [6.45, 7) is 6.42. The highest BCUT2D eigenvalue weighted by atomic mass is 15.0. The molecule has 2 N–H and O–H groups in total. The fourth-order valence-corrected chi connectivity index (χ4v) is 3.21. The van der Waals surface area contributed by atoms with E-state index in [1.54, 1.807) is 6.07 Å². The molecule has 1 aliphatic carbocycles. The lowest BCUT2D eigenvalue weighted by Crippen LogP contribution is -2.16. The molecule has 120 valence electrons. The highest BCUT2D eigenvalue weighted by molar-refractivity contribution is 5.93. The van der Waals surface area contributed by atoms with Crippen LogP contribution in [0.2, 0.25) is 0 Å². The lowest BCUT2D eigenvalue weighted by molar-refractivity contribution is 0.602. The lowest BCUT2D eigenvalue weighted by Gasteiger charge is -2.16. The second-order valence-electron chi connectivity index (χ2n) is 6.82. The van der Waals surface area contributed by atoms with Gasteiger partial charge in [-0.2, -0.15) is 5.26 Å². The minimum atomic E-state index is 0.250. The standard InChI is InChI=1S/C18H23N5/c1-11(2)21-18-16-8-17(22-14-5-4-12(3)6-14)20-10-13(16)7-15(9-19)23-18/h7-8,10-12,14H,4-6H2,1-3H3,(H,20,22)(H,21,23)/t12-,14+/m1/s1. The van der Waals surface area contributed by atoms with Crippen molar-refractivity contribution in [2.24, 2.45) is 5.92 Å². The summed E-state index contributed by atoms with van der Waals surface area (Å²) in [7, 11) is 0. The Bertz CT molecular complexity index is 747. The number of rotatable bonds is 4. The molecule has 0 saturated heterocycles. The monoisotopic (exact) mass is 309 g/mol. The molecule has 1 aliphatic rings. The Kier molecular flexibility index (Phi) is 4.33. The van der Waals surface area contributed by atoms with Gasteiger partial charge in [0.1, 0.15) is 23.4 Å². The largest absolute Gasteiger partial charge is 0.367 e. The van der Waals surface area contributed by atoms with Crippen molar-refractivity contribution < 1.29 is 0 Å². The quantitative estimate of drug-likeness (QED) is 0.895. The molecule has 0 bridgehead atoms. The summed E-state index contributed by atoms with van der Waals surface area (Å²) < 4.78 is 0. The zero-order chi connectivity index (χ0) is 16.4. The normalized spacial score (nSPS) is 20.7. The maximum Gasteiger partial charge on any atom is 0.143 e. The van der Waals surface area contributed by atoms with E-state index in [-0.39, 0.29) is 6.04 Å². The van der Waals surface area contributed by atoms with Gasteiger partial charge in [0.05, 0.1) is 0 Å². The number of aromatic nitrogens is 2. The van der Waals surface area contributed by atoms with Gasteiger partial charge in [-0.1, -0.05) is 6.92 Å². The molecule has 0 spiro atoms. The van der Waals surface area contributed by atoms with Gasteiger partial charge in [0.25, 0.3) is 0 Å². The van der Waals surface area contributed by atoms with E-state index in [4.69, 9.17) is 5.26 Å². The van der Waals surface area contributed by atoms with Crippen LogP contribution in [0, 0.1) is 17.2 Å². The van der Waals surface area contributed by atoms with E-state index in [0.29, 0.717) is 11.7 Å². The summed E-state index contributed by atoms with van der Waals surface area (Å²) in [6, 6.07) is 6.69. The Morgan fingerprint density at radius 3 is 2.78 bits per heavy atom. The van der Waals surface area contributed by atoms with Crippen molar-refractivity contribution in [2.45, 2.75) is 52.1 Å². The number of nitriles is 1. The van der Waals surface area contributed by atoms with Crippen molar-refractivity contribution in [2.75, 3.05) is 10.6 Å². The Morgan fingerprint density at radius 1 is 1.30 bits per heavy atom. The fraction of sp³-hybridized carbons (Fsp3) is 0.500. The van der Waals surface area contributed by atoms with Crippen LogP contribution in [0.5, 0.6) is 0 Å². The van der Waals surface area contributed by atoms with Gasteiger partial charge in [-0.25, -0.2) is 9.97 Å². The topological polar surface area (TPSA) is 73.6 Å². The summed E-state index contributed by atoms with van der Waals surface area (Å²) in [4.78, 5) is 8.93. The average Bonchev–Trinajstić information content (AvgIpc) is 2.92. The van der Waals surface area contributed by atoms with E-state index in [1.165, 1.54) is 19.3 Å². The van der Waals surface area contributed by atoms with Gasteiger partial charge in [-0.3, -0.25) is 0 Å². The van der Waals surface area contributed by atoms with Gasteiger partial charge in [0.2, 0.25) is 0 Å². The zero-order valence-corrected chi connectivity index (χ0v) is 13.9. The highest BCUT2D eigenvalue weighted by Crippen LogP contribution is 2.29. The van der Waals surface area contributed by atoms with E-state index >= 15 is 0 Å². The van der Waals surface area contributed by atoms with E-state index in [1.807, 2.05) is 12.3 Å². The number of hydrogen-bond donors (Lipinski definition) is 2. The molecular weight excluding hydrogens is 286 g/mol. The highest BCUT2D eigenvalue weighted by Gasteiger charge is 2.21. The minimum absolute atomic E-state index is 0.250. The van der Waals surface area contributed by atoms with Crippen molar-refractivity contribution in [1.29, 1.82) is 5.26 Å². The first kappa shape index (κ1) is 15.5. The smallest absolute Gasteiger partial charge is 0.143 e. The molecule has 0 radical (unpaired) electrons. The molecule has 23 heavy (non-hydrogen) atoms. The predicted octanol–water partition coefficient (Wildman–Crippen LogP) is 3.92. The molecule has 5 heteroatoms. The average molecular weight is 309 g/mol. The Balaban J connectivity index is 1.95. The van der Waals surface area contributed by atoms with Crippen LogP contribution in [0.3, 0.4) is 0 Å². The van der Waals surface area contributed by atoms with Crippen LogP contribution in [-0.2, 0) is 0 Å². The van der Waals surface area contributed by atoms with Crippen LogP contribution >= 0.6 is 0 Å². The van der Waals surface area contributed by atoms with Gasteiger partial charge in [-0.15, -0.1) is 0 Å². The van der Waals surface area contributed by atoms with Gasteiger partial charge in [0, 0.05) is 29.1 Å². The molecule has 2 aromatic rings. The molecule has 0 aliphatic heterocycles. The first-order chi connectivity index (χ1) is 11.0. The van der Waals surface area contributed by atoms with E-state index < -0.39 is 0 Å². The molecule has 2 heterocycles. The second kappa shape index (κ2) is 6.41. The van der Waals surface area contributed by atoms with Crippen molar-refractivity contribution >= 4 is 22.4 Å². The number of pyridine rings is 2. The molecular formula is C18H23N5. The molecule has 5 nitrogen and oxygen atoms in total. The van der Waals surface area contributed by atoms with Gasteiger partial charge < -0.3 is 10.6 Å². The Labute approximate surface area is 137 Å². The number of anilines is 2. The number of nitrogens with one attached hydrogen (secondary N) is 2. The third kappa shape index (κ3) is 3.53. The Hall–Kier alpha value is -2.35. The second-order valence-corrected chi connectivity index (χ2v) is 6.82. The van der Waals surface area contributed by atoms with Crippen LogP contribution in [0.1, 0.15) is 45.7 Å². The first-order valence-electron chi connectivity index (χ1n) is 8.29. The maximum absolute atomic E-state index is 9.15. The van der Waals surface area contributed by atoms with Crippen molar-refractivity contribution in [3.05, 3.63) is 24.0 Å². The fourth-order valence-electron chi connectivity index (χ4n) is 3.21. The third-order valence-corrected chi connectivity index (χ3v) is 4.30. The summed E-state index contributed by atoms with van der Waals surface area (Å²) in [5.74, 6) is 2.42. The molecule has 2 aromatic heterocycles. The SMILES string of the molecule is CC(C)Nc1nc(C#N)cc2cnc(N[C@H]3CC[C@@H](C)C3)cc12. The maximum atomic E-state index is 9.15. The molecule has 1 saturated carbocycles. The zero-order valence-electron chi connectivity index (χ0n) is 13.9. The molecule has 0 aromatic carbocycles. The van der Waals surface area contributed by atoms with E-state index in [2.05, 4.69) is 47.4 Å². The number of hydrogen-bond acceptors (Lipinski definition) is 5. The van der Waals surface area contributed by atoms with E-state index in [0.717, 1.165) is 28.3 Å². The van der Waals surface area contributed by atoms with Crippen LogP contribution in [0.4, 0.5) is 11.6 Å². The summed E-state index contributed by atoms with van der Waals surface area (Å²) in [5.41, 5.74) is 0.410. The molecule has 1 fully saturated rings. The minimum Gasteiger partial charge on any atom is -0.367 e. The van der Waals surface area contributed by atoms with Crippen LogP contribution in [0.15, 0.2) is 18.3 Å². The molecule has 3 rings (SSSR count). The van der Waals surface area contributed by atoms with Crippen molar-refractivity contribution in [3.8, 4) is 6.07 Å².